The smallest absolute Gasteiger partial charge is 0.263 e. The number of para-hydroxylation sites is 1. The first-order valence-electron chi connectivity index (χ1n) is 9.87. The second kappa shape index (κ2) is 7.38. The van der Waals surface area contributed by atoms with E-state index < -0.39 is 22.0 Å². The van der Waals surface area contributed by atoms with Gasteiger partial charge in [0, 0.05) is 22.4 Å². The third-order valence-electron chi connectivity index (χ3n) is 5.32. The van der Waals surface area contributed by atoms with Crippen LogP contribution in [0.4, 0.5) is 5.69 Å². The summed E-state index contributed by atoms with van der Waals surface area (Å²) < 4.78 is 38.3. The fraction of sp³-hybridized carbons (Fsp3) is 0.130. The van der Waals surface area contributed by atoms with Crippen molar-refractivity contribution >= 4 is 49.4 Å². The third kappa shape index (κ3) is 3.27. The van der Waals surface area contributed by atoms with Crippen LogP contribution in [0.25, 0.3) is 21.9 Å². The van der Waals surface area contributed by atoms with Gasteiger partial charge in [-0.1, -0.05) is 30.3 Å². The van der Waals surface area contributed by atoms with Crippen molar-refractivity contribution < 1.29 is 22.4 Å². The van der Waals surface area contributed by atoms with Crippen LogP contribution in [-0.4, -0.2) is 33.3 Å². The fourth-order valence-corrected chi connectivity index (χ4v) is 4.98. The molecule has 1 aliphatic rings. The number of anilines is 1. The van der Waals surface area contributed by atoms with E-state index in [1.807, 2.05) is 30.3 Å². The summed E-state index contributed by atoms with van der Waals surface area (Å²) in [6.45, 7) is 1.59. The van der Waals surface area contributed by atoms with E-state index in [1.54, 1.807) is 31.2 Å². The summed E-state index contributed by atoms with van der Waals surface area (Å²) in [7, 11) is -2.16. The maximum absolute atomic E-state index is 12.9. The first-order valence-corrected chi connectivity index (χ1v) is 11.4. The lowest BCUT2D eigenvalue weighted by Gasteiger charge is -2.13. The highest BCUT2D eigenvalue weighted by molar-refractivity contribution is 7.90. The standard InChI is InChI=1S/C23H19N3O5S/c1-13(24-22-15-8-4-6-10-21(15)32(28,29)26-22)23(27)25-17-12-19-16(11-20(17)30-2)14-7-3-5-9-18(14)31-19/h3-13H,1-2H3,(H,24,26)(H,25,27). The fourth-order valence-electron chi connectivity index (χ4n) is 3.74. The maximum atomic E-state index is 12.9. The van der Waals surface area contributed by atoms with Gasteiger partial charge in [-0.05, 0) is 31.2 Å². The Morgan fingerprint density at radius 2 is 1.81 bits per heavy atom. The molecule has 0 radical (unpaired) electrons. The zero-order chi connectivity index (χ0) is 22.5. The van der Waals surface area contributed by atoms with Gasteiger partial charge in [0.05, 0.1) is 17.7 Å². The van der Waals surface area contributed by atoms with Crippen LogP contribution in [0, 0.1) is 0 Å². The SMILES string of the molecule is COc1cc2c(cc1NC(=O)C(C)N=C1NS(=O)(=O)c3ccccc31)oc1ccccc12. The topological polar surface area (TPSA) is 110 Å². The van der Waals surface area contributed by atoms with Gasteiger partial charge in [-0.25, -0.2) is 8.42 Å². The molecule has 0 saturated heterocycles. The number of carbonyl (C=O) groups is 1. The van der Waals surface area contributed by atoms with Crippen molar-refractivity contribution in [2.45, 2.75) is 17.9 Å². The minimum Gasteiger partial charge on any atom is -0.495 e. The van der Waals surface area contributed by atoms with Gasteiger partial charge in [0.2, 0.25) is 5.91 Å². The molecule has 2 N–H and O–H groups in total. The molecular weight excluding hydrogens is 430 g/mol. The first kappa shape index (κ1) is 20.1. The lowest BCUT2D eigenvalue weighted by atomic mass is 10.1. The monoisotopic (exact) mass is 449 g/mol. The zero-order valence-corrected chi connectivity index (χ0v) is 18.1. The van der Waals surface area contributed by atoms with Gasteiger partial charge in [-0.2, -0.15) is 0 Å². The molecule has 0 saturated carbocycles. The molecule has 2 heterocycles. The number of furan rings is 1. The number of methoxy groups -OCH3 is 1. The van der Waals surface area contributed by atoms with Gasteiger partial charge in [0.1, 0.15) is 28.8 Å². The van der Waals surface area contributed by atoms with Crippen LogP contribution in [0.3, 0.4) is 0 Å². The minimum atomic E-state index is -3.68. The van der Waals surface area contributed by atoms with E-state index in [4.69, 9.17) is 9.15 Å². The summed E-state index contributed by atoms with van der Waals surface area (Å²) in [6, 6.07) is 16.8. The highest BCUT2D eigenvalue weighted by Gasteiger charge is 2.31. The van der Waals surface area contributed by atoms with Crippen LogP contribution in [-0.2, 0) is 14.8 Å². The number of carbonyl (C=O) groups excluding carboxylic acids is 1. The number of rotatable bonds is 4. The molecule has 1 aromatic heterocycles. The van der Waals surface area contributed by atoms with E-state index in [1.165, 1.54) is 13.2 Å². The molecule has 1 amide bonds. The number of ether oxygens (including phenoxy) is 1. The molecular formula is C23H19N3O5S. The maximum Gasteiger partial charge on any atom is 0.263 e. The Hall–Kier alpha value is -3.85. The molecule has 8 nitrogen and oxygen atoms in total. The molecule has 0 bridgehead atoms. The summed E-state index contributed by atoms with van der Waals surface area (Å²) in [6.07, 6.45) is 0. The molecule has 32 heavy (non-hydrogen) atoms. The van der Waals surface area contributed by atoms with E-state index in [-0.39, 0.29) is 10.7 Å². The van der Waals surface area contributed by atoms with Crippen molar-refractivity contribution in [3.63, 3.8) is 0 Å². The van der Waals surface area contributed by atoms with Crippen LogP contribution >= 0.6 is 0 Å². The van der Waals surface area contributed by atoms with E-state index in [2.05, 4.69) is 15.0 Å². The Morgan fingerprint density at radius 3 is 2.62 bits per heavy atom. The lowest BCUT2D eigenvalue weighted by Crippen LogP contribution is -2.29. The van der Waals surface area contributed by atoms with Gasteiger partial charge in [-0.15, -0.1) is 0 Å². The summed E-state index contributed by atoms with van der Waals surface area (Å²) in [5.74, 6) is 0.196. The number of amidine groups is 1. The second-order valence-corrected chi connectivity index (χ2v) is 9.04. The Labute approximate surface area is 183 Å². The highest BCUT2D eigenvalue weighted by atomic mass is 32.2. The largest absolute Gasteiger partial charge is 0.495 e. The summed E-state index contributed by atoms with van der Waals surface area (Å²) >= 11 is 0. The number of amides is 1. The van der Waals surface area contributed by atoms with Crippen molar-refractivity contribution in [1.82, 2.24) is 4.72 Å². The summed E-state index contributed by atoms with van der Waals surface area (Å²) in [5, 5.41) is 4.63. The predicted octanol–water partition coefficient (Wildman–Crippen LogP) is 3.66. The predicted molar refractivity (Wildman–Crippen MR) is 122 cm³/mol. The Bertz CT molecular complexity index is 1520. The van der Waals surface area contributed by atoms with E-state index in [0.29, 0.717) is 22.6 Å². The second-order valence-electron chi connectivity index (χ2n) is 7.39. The Kier molecular flexibility index (Phi) is 4.63. The van der Waals surface area contributed by atoms with Crippen LogP contribution in [0.1, 0.15) is 12.5 Å². The van der Waals surface area contributed by atoms with Crippen molar-refractivity contribution in [2.24, 2.45) is 4.99 Å². The third-order valence-corrected chi connectivity index (χ3v) is 6.72. The van der Waals surface area contributed by atoms with Crippen molar-refractivity contribution in [3.8, 4) is 5.75 Å². The van der Waals surface area contributed by atoms with Crippen LogP contribution in [0.15, 0.2) is 75.0 Å². The van der Waals surface area contributed by atoms with Crippen molar-refractivity contribution in [2.75, 3.05) is 12.4 Å². The van der Waals surface area contributed by atoms with Gasteiger partial charge >= 0.3 is 0 Å². The molecule has 9 heteroatoms. The number of nitrogens with one attached hydrogen (secondary N) is 2. The number of benzene rings is 3. The Morgan fingerprint density at radius 1 is 1.06 bits per heavy atom. The van der Waals surface area contributed by atoms with Crippen molar-refractivity contribution in [3.05, 3.63) is 66.2 Å². The molecule has 5 rings (SSSR count). The van der Waals surface area contributed by atoms with Gasteiger partial charge < -0.3 is 14.5 Å². The number of aliphatic imine (C=N–C) groups is 1. The molecule has 0 aliphatic carbocycles. The molecule has 1 unspecified atom stereocenters. The minimum absolute atomic E-state index is 0.142. The van der Waals surface area contributed by atoms with Gasteiger partial charge in [-0.3, -0.25) is 14.5 Å². The van der Waals surface area contributed by atoms with Crippen LogP contribution in [0.5, 0.6) is 5.75 Å². The molecule has 162 valence electrons. The number of hydrogen-bond acceptors (Lipinski definition) is 6. The lowest BCUT2D eigenvalue weighted by molar-refractivity contribution is -0.117. The summed E-state index contributed by atoms with van der Waals surface area (Å²) in [5.41, 5.74) is 2.22. The van der Waals surface area contributed by atoms with E-state index >= 15 is 0 Å². The normalized spacial score (nSPS) is 16.6. The number of nitrogens with zero attached hydrogens (tertiary/aromatic N) is 1. The molecule has 1 aliphatic heterocycles. The average molecular weight is 449 g/mol. The summed E-state index contributed by atoms with van der Waals surface area (Å²) in [4.78, 5) is 17.3. The quantitative estimate of drug-likeness (QED) is 0.494. The van der Waals surface area contributed by atoms with E-state index in [0.717, 1.165) is 16.4 Å². The molecule has 0 fully saturated rings. The zero-order valence-electron chi connectivity index (χ0n) is 17.2. The number of hydrogen-bond donors (Lipinski definition) is 2. The molecule has 4 aromatic rings. The van der Waals surface area contributed by atoms with Gasteiger partial charge in [0.25, 0.3) is 10.0 Å². The van der Waals surface area contributed by atoms with E-state index in [9.17, 15) is 13.2 Å². The average Bonchev–Trinajstić information content (AvgIpc) is 3.27. The molecule has 1 atom stereocenters. The highest BCUT2D eigenvalue weighted by Crippen LogP contribution is 2.36. The van der Waals surface area contributed by atoms with Crippen LogP contribution < -0.4 is 14.8 Å². The Balaban J connectivity index is 1.46. The van der Waals surface area contributed by atoms with Crippen molar-refractivity contribution in [1.29, 1.82) is 0 Å². The molecule has 0 spiro atoms. The van der Waals surface area contributed by atoms with Gasteiger partial charge in [0.15, 0.2) is 0 Å². The number of fused-ring (bicyclic) bond motifs is 4. The first-order chi connectivity index (χ1) is 15.4. The van der Waals surface area contributed by atoms with Crippen LogP contribution in [0.2, 0.25) is 0 Å². The number of sulfonamides is 1. The molecule has 3 aromatic carbocycles.